The first-order valence-electron chi connectivity index (χ1n) is 8.62. The lowest BCUT2D eigenvalue weighted by molar-refractivity contribution is 0.0945. The van der Waals surface area contributed by atoms with E-state index in [0.29, 0.717) is 22.8 Å². The van der Waals surface area contributed by atoms with Crippen LogP contribution in [0.3, 0.4) is 0 Å². The summed E-state index contributed by atoms with van der Waals surface area (Å²) in [6.45, 7) is 6.92. The predicted molar refractivity (Wildman–Crippen MR) is 108 cm³/mol. The summed E-state index contributed by atoms with van der Waals surface area (Å²) in [4.78, 5) is 16.8. The number of nitrogens with one attached hydrogen (secondary N) is 2. The van der Waals surface area contributed by atoms with Crippen LogP contribution in [0.2, 0.25) is 0 Å². The lowest BCUT2D eigenvalue weighted by atomic mass is 10.2. The molecule has 1 aromatic carbocycles. The maximum atomic E-state index is 12.4. The molecule has 0 unspecified atom stereocenters. The number of H-pyrrole nitrogens is 1. The summed E-state index contributed by atoms with van der Waals surface area (Å²) in [5.41, 5.74) is 1.33. The average molecular weight is 404 g/mol. The van der Waals surface area contributed by atoms with Crippen LogP contribution in [-0.2, 0) is 13.1 Å². The van der Waals surface area contributed by atoms with E-state index in [-0.39, 0.29) is 18.6 Å². The van der Waals surface area contributed by atoms with Crippen LogP contribution in [0.4, 0.5) is 0 Å². The predicted octanol–water partition coefficient (Wildman–Crippen LogP) is 3.80. The molecular formula is C18H21N5O2S2. The fourth-order valence-corrected chi connectivity index (χ4v) is 3.61. The minimum atomic E-state index is -0.242. The molecule has 0 aliphatic rings. The number of hydrogen-bond acceptors (Lipinski definition) is 6. The fraction of sp³-hybridized carbons (Fsp3) is 0.333. The Kier molecular flexibility index (Phi) is 6.02. The van der Waals surface area contributed by atoms with Gasteiger partial charge in [0, 0.05) is 17.5 Å². The monoisotopic (exact) mass is 403 g/mol. The van der Waals surface area contributed by atoms with Gasteiger partial charge in [-0.2, -0.15) is 5.10 Å². The van der Waals surface area contributed by atoms with E-state index in [9.17, 15) is 4.79 Å². The van der Waals surface area contributed by atoms with Crippen LogP contribution in [0, 0.1) is 4.77 Å². The Morgan fingerprint density at radius 3 is 2.78 bits per heavy atom. The van der Waals surface area contributed by atoms with Gasteiger partial charge in [-0.3, -0.25) is 9.89 Å². The normalized spacial score (nSPS) is 11.0. The SMILES string of the molecule is CCn1c(CNC(=O)c2csc(-c3ccc(OC(C)C)cc3)n2)n[nH]c1=S. The van der Waals surface area contributed by atoms with Gasteiger partial charge in [0.15, 0.2) is 10.6 Å². The number of carbonyl (C=O) groups excluding carboxylic acids is 1. The third-order valence-electron chi connectivity index (χ3n) is 3.77. The van der Waals surface area contributed by atoms with E-state index < -0.39 is 0 Å². The molecule has 3 aromatic rings. The van der Waals surface area contributed by atoms with Crippen LogP contribution in [0.25, 0.3) is 10.6 Å². The summed E-state index contributed by atoms with van der Waals surface area (Å²) in [5, 5.41) is 12.2. The van der Waals surface area contributed by atoms with Crippen molar-refractivity contribution < 1.29 is 9.53 Å². The maximum absolute atomic E-state index is 12.4. The standard InChI is InChI=1S/C18H21N5O2S2/c1-4-23-15(21-22-18(23)26)9-19-16(24)14-10-27-17(20-14)12-5-7-13(8-6-12)25-11(2)3/h5-8,10-11H,4,9H2,1-3H3,(H,19,24)(H,22,26). The van der Waals surface area contributed by atoms with Crippen molar-refractivity contribution in [1.29, 1.82) is 0 Å². The molecule has 0 spiro atoms. The Balaban J connectivity index is 1.66. The molecule has 9 heteroatoms. The second kappa shape index (κ2) is 8.45. The first kappa shape index (κ1) is 19.2. The molecule has 0 radical (unpaired) electrons. The second-order valence-corrected chi connectivity index (χ2v) is 7.35. The van der Waals surface area contributed by atoms with Crippen molar-refractivity contribution >= 4 is 29.5 Å². The molecule has 0 aliphatic heterocycles. The lowest BCUT2D eigenvalue weighted by Gasteiger charge is -2.09. The van der Waals surface area contributed by atoms with Crippen LogP contribution < -0.4 is 10.1 Å². The first-order valence-corrected chi connectivity index (χ1v) is 9.91. The summed E-state index contributed by atoms with van der Waals surface area (Å²) in [5.74, 6) is 1.26. The average Bonchev–Trinajstić information content (AvgIpc) is 3.26. The van der Waals surface area contributed by atoms with Gasteiger partial charge < -0.3 is 14.6 Å². The van der Waals surface area contributed by atoms with Crippen molar-refractivity contribution in [2.45, 2.75) is 40.0 Å². The van der Waals surface area contributed by atoms with Gasteiger partial charge in [-0.1, -0.05) is 0 Å². The Morgan fingerprint density at radius 1 is 1.37 bits per heavy atom. The number of hydrogen-bond donors (Lipinski definition) is 2. The maximum Gasteiger partial charge on any atom is 0.271 e. The summed E-state index contributed by atoms with van der Waals surface area (Å²) in [7, 11) is 0. The fourth-order valence-electron chi connectivity index (χ4n) is 2.52. The van der Waals surface area contributed by atoms with E-state index in [1.807, 2.05) is 49.6 Å². The largest absolute Gasteiger partial charge is 0.491 e. The highest BCUT2D eigenvalue weighted by Crippen LogP contribution is 2.26. The molecule has 7 nitrogen and oxygen atoms in total. The van der Waals surface area contributed by atoms with Crippen LogP contribution >= 0.6 is 23.6 Å². The van der Waals surface area contributed by atoms with E-state index in [1.54, 1.807) is 5.38 Å². The molecule has 1 amide bonds. The van der Waals surface area contributed by atoms with Gasteiger partial charge in [-0.05, 0) is 57.3 Å². The van der Waals surface area contributed by atoms with Crippen molar-refractivity contribution in [3.8, 4) is 16.3 Å². The number of rotatable bonds is 7. The molecule has 142 valence electrons. The Labute approximate surface area is 166 Å². The van der Waals surface area contributed by atoms with Crippen molar-refractivity contribution in [2.75, 3.05) is 0 Å². The van der Waals surface area contributed by atoms with Crippen molar-refractivity contribution in [3.05, 3.63) is 45.9 Å². The van der Waals surface area contributed by atoms with Crippen LogP contribution in [0.5, 0.6) is 5.75 Å². The van der Waals surface area contributed by atoms with Crippen LogP contribution in [0.15, 0.2) is 29.6 Å². The molecule has 27 heavy (non-hydrogen) atoms. The Bertz CT molecular complexity index is 972. The number of nitrogens with zero attached hydrogens (tertiary/aromatic N) is 3. The Morgan fingerprint density at radius 2 is 2.11 bits per heavy atom. The third-order valence-corrected chi connectivity index (χ3v) is 4.97. The van der Waals surface area contributed by atoms with Crippen molar-refractivity contribution in [1.82, 2.24) is 25.1 Å². The van der Waals surface area contributed by atoms with E-state index in [2.05, 4.69) is 20.5 Å². The topological polar surface area (TPSA) is 84.8 Å². The molecule has 0 saturated heterocycles. The van der Waals surface area contributed by atoms with Gasteiger partial charge in [0.1, 0.15) is 16.5 Å². The van der Waals surface area contributed by atoms with E-state index >= 15 is 0 Å². The molecule has 2 N–H and O–H groups in total. The highest BCUT2D eigenvalue weighted by Gasteiger charge is 2.13. The lowest BCUT2D eigenvalue weighted by Crippen LogP contribution is -2.25. The third kappa shape index (κ3) is 4.61. The molecule has 0 aliphatic carbocycles. The minimum Gasteiger partial charge on any atom is -0.491 e. The van der Waals surface area contributed by atoms with Crippen molar-refractivity contribution in [3.63, 3.8) is 0 Å². The molecule has 2 aromatic heterocycles. The zero-order valence-electron chi connectivity index (χ0n) is 15.4. The van der Waals surface area contributed by atoms with Crippen LogP contribution in [-0.4, -0.2) is 31.8 Å². The van der Waals surface area contributed by atoms with Gasteiger partial charge in [-0.15, -0.1) is 11.3 Å². The van der Waals surface area contributed by atoms with Gasteiger partial charge in [-0.25, -0.2) is 4.98 Å². The number of aromatic nitrogens is 4. The number of ether oxygens (including phenoxy) is 1. The van der Waals surface area contributed by atoms with Gasteiger partial charge in [0.05, 0.1) is 12.6 Å². The number of carbonyl (C=O) groups is 1. The molecule has 3 rings (SSSR count). The molecule has 2 heterocycles. The molecule has 0 fully saturated rings. The summed E-state index contributed by atoms with van der Waals surface area (Å²) in [6.07, 6.45) is 0.128. The number of benzene rings is 1. The first-order chi connectivity index (χ1) is 13.0. The molecule has 0 atom stereocenters. The highest BCUT2D eigenvalue weighted by molar-refractivity contribution is 7.71. The summed E-state index contributed by atoms with van der Waals surface area (Å²) in [6, 6.07) is 7.70. The highest BCUT2D eigenvalue weighted by atomic mass is 32.1. The van der Waals surface area contributed by atoms with Crippen LogP contribution in [0.1, 0.15) is 37.1 Å². The Hall–Kier alpha value is -2.52. The number of thiazole rings is 1. The van der Waals surface area contributed by atoms with E-state index in [0.717, 1.165) is 16.3 Å². The van der Waals surface area contributed by atoms with Gasteiger partial charge >= 0.3 is 0 Å². The molecular weight excluding hydrogens is 382 g/mol. The van der Waals surface area contributed by atoms with Gasteiger partial charge in [0.2, 0.25) is 0 Å². The zero-order valence-corrected chi connectivity index (χ0v) is 17.0. The molecule has 0 saturated carbocycles. The van der Waals surface area contributed by atoms with E-state index in [1.165, 1.54) is 11.3 Å². The smallest absolute Gasteiger partial charge is 0.271 e. The summed E-state index contributed by atoms with van der Waals surface area (Å²) < 4.78 is 8.02. The second-order valence-electron chi connectivity index (χ2n) is 6.10. The van der Waals surface area contributed by atoms with Gasteiger partial charge in [0.25, 0.3) is 5.91 Å². The number of aromatic amines is 1. The molecule has 0 bridgehead atoms. The minimum absolute atomic E-state index is 0.128. The summed E-state index contributed by atoms with van der Waals surface area (Å²) >= 11 is 6.58. The van der Waals surface area contributed by atoms with E-state index in [4.69, 9.17) is 17.0 Å². The number of amides is 1. The quantitative estimate of drug-likeness (QED) is 0.586. The zero-order chi connectivity index (χ0) is 19.4. The van der Waals surface area contributed by atoms with Crippen molar-refractivity contribution in [2.24, 2.45) is 0 Å².